The van der Waals surface area contributed by atoms with Crippen molar-refractivity contribution < 1.29 is 24.1 Å². The molecule has 1 N–H and O–H groups in total. The first kappa shape index (κ1) is 28.2. The van der Waals surface area contributed by atoms with Crippen LogP contribution >= 0.6 is 0 Å². The van der Waals surface area contributed by atoms with Crippen LogP contribution in [0.25, 0.3) is 22.0 Å². The Morgan fingerprint density at radius 3 is 2.38 bits per heavy atom. The molecule has 0 spiro atoms. The number of aryl methyl sites for hydroxylation is 2. The Morgan fingerprint density at radius 1 is 1.10 bits per heavy atom. The lowest BCUT2D eigenvalue weighted by Gasteiger charge is -2.35. The fourth-order valence-corrected chi connectivity index (χ4v) is 5.95. The van der Waals surface area contributed by atoms with Gasteiger partial charge in [0.2, 0.25) is 5.95 Å². The lowest BCUT2D eigenvalue weighted by atomic mass is 9.87. The van der Waals surface area contributed by atoms with Gasteiger partial charge in [-0.3, -0.25) is 0 Å². The average molecular weight is 571 g/mol. The van der Waals surface area contributed by atoms with Crippen molar-refractivity contribution in [3.05, 3.63) is 65.1 Å². The van der Waals surface area contributed by atoms with Crippen molar-refractivity contribution in [2.75, 3.05) is 31.3 Å². The maximum Gasteiger partial charge on any atom is 0.337 e. The zero-order valence-corrected chi connectivity index (χ0v) is 25.1. The molecule has 0 saturated carbocycles. The zero-order chi connectivity index (χ0) is 29.8. The molecular formula is C33H38N4O5. The largest absolute Gasteiger partial charge is 0.490 e. The number of carboxylic acids is 1. The molecule has 2 aliphatic rings. The summed E-state index contributed by atoms with van der Waals surface area (Å²) < 4.78 is 19.7. The van der Waals surface area contributed by atoms with Crippen LogP contribution in [0.15, 0.2) is 42.7 Å². The van der Waals surface area contributed by atoms with E-state index in [0.29, 0.717) is 36.3 Å². The number of hydrogen-bond acceptors (Lipinski definition) is 7. The van der Waals surface area contributed by atoms with E-state index in [9.17, 15) is 9.90 Å². The molecule has 2 aromatic heterocycles. The highest BCUT2D eigenvalue weighted by atomic mass is 16.5. The first-order chi connectivity index (χ1) is 20.0. The second kappa shape index (κ2) is 10.7. The van der Waals surface area contributed by atoms with Gasteiger partial charge < -0.3 is 28.8 Å². The number of nitrogens with zero attached hydrogens (tertiary/aromatic N) is 4. The third-order valence-electron chi connectivity index (χ3n) is 7.99. The molecule has 1 fully saturated rings. The van der Waals surface area contributed by atoms with Crippen molar-refractivity contribution in [3.63, 3.8) is 0 Å². The summed E-state index contributed by atoms with van der Waals surface area (Å²) in [5, 5.41) is 11.6. The third kappa shape index (κ3) is 5.12. The van der Waals surface area contributed by atoms with E-state index in [4.69, 9.17) is 24.2 Å². The first-order valence-corrected chi connectivity index (χ1v) is 14.5. The Balaban J connectivity index is 1.55. The van der Waals surface area contributed by atoms with Gasteiger partial charge in [-0.2, -0.15) is 0 Å². The number of aromatic nitrogens is 3. The fourth-order valence-electron chi connectivity index (χ4n) is 5.95. The molecule has 220 valence electrons. The van der Waals surface area contributed by atoms with Crippen LogP contribution in [0.2, 0.25) is 0 Å². The van der Waals surface area contributed by atoms with Gasteiger partial charge in [0.05, 0.1) is 49.0 Å². The molecule has 4 heterocycles. The predicted octanol–water partition coefficient (Wildman–Crippen LogP) is 6.14. The average Bonchev–Trinajstić information content (AvgIpc) is 3.25. The standard InChI is InChI=1S/C33H38N4O5/c1-19-7-9-23(10-8-19)27-25-13-20(2)36-11-12-37(32-34-14-24(15-35-32)41-18-22-16-40-17-22)28(29(25)36)21(3)26(27)30(31(38)39)42-33(4,5)6/h7-10,13-15,22,30H,11-12,16-18H2,1-6H3,(H,38,39)/t30-/m0/s1. The number of anilines is 2. The third-order valence-corrected chi connectivity index (χ3v) is 7.99. The van der Waals surface area contributed by atoms with Gasteiger partial charge in [0, 0.05) is 35.7 Å². The van der Waals surface area contributed by atoms with E-state index in [0.717, 1.165) is 64.3 Å². The predicted molar refractivity (Wildman–Crippen MR) is 162 cm³/mol. The molecule has 0 radical (unpaired) electrons. The van der Waals surface area contributed by atoms with Crippen LogP contribution in [0.3, 0.4) is 0 Å². The number of carbonyl (C=O) groups is 1. The molecular weight excluding hydrogens is 532 g/mol. The SMILES string of the molecule is Cc1ccc(-c2c([C@H](OC(C)(C)C)C(=O)O)c(C)c3c4c2cc(C)n4CCN3c2ncc(OCC3COC3)cn2)cc1. The van der Waals surface area contributed by atoms with E-state index in [1.807, 2.05) is 34.6 Å². The van der Waals surface area contributed by atoms with Crippen molar-refractivity contribution in [1.82, 2.24) is 14.5 Å². The molecule has 9 nitrogen and oxygen atoms in total. The van der Waals surface area contributed by atoms with Gasteiger partial charge in [0.15, 0.2) is 11.9 Å². The van der Waals surface area contributed by atoms with E-state index in [1.165, 1.54) is 0 Å². The van der Waals surface area contributed by atoms with Crippen LogP contribution < -0.4 is 9.64 Å². The summed E-state index contributed by atoms with van der Waals surface area (Å²) in [7, 11) is 0. The van der Waals surface area contributed by atoms with Crippen molar-refractivity contribution in [2.45, 2.75) is 59.8 Å². The van der Waals surface area contributed by atoms with Crippen molar-refractivity contribution in [3.8, 4) is 16.9 Å². The summed E-state index contributed by atoms with van der Waals surface area (Å²) in [6, 6.07) is 10.4. The molecule has 2 aliphatic heterocycles. The van der Waals surface area contributed by atoms with Crippen molar-refractivity contribution in [1.29, 1.82) is 0 Å². The number of hydrogen-bond donors (Lipinski definition) is 1. The summed E-state index contributed by atoms with van der Waals surface area (Å²) in [6.07, 6.45) is 2.23. The summed E-state index contributed by atoms with van der Waals surface area (Å²) in [4.78, 5) is 24.4. The first-order valence-electron chi connectivity index (χ1n) is 14.5. The summed E-state index contributed by atoms with van der Waals surface area (Å²) >= 11 is 0. The second-order valence-corrected chi connectivity index (χ2v) is 12.4. The number of benzene rings is 2. The van der Waals surface area contributed by atoms with Gasteiger partial charge in [-0.25, -0.2) is 14.8 Å². The minimum atomic E-state index is -1.18. The van der Waals surface area contributed by atoms with Gasteiger partial charge in [-0.15, -0.1) is 0 Å². The summed E-state index contributed by atoms with van der Waals surface area (Å²) in [5.41, 5.74) is 6.84. The second-order valence-electron chi connectivity index (χ2n) is 12.4. The quantitative estimate of drug-likeness (QED) is 0.270. The Bertz CT molecular complexity index is 1630. The molecule has 0 bridgehead atoms. The summed E-state index contributed by atoms with van der Waals surface area (Å²) in [6.45, 7) is 15.2. The fraction of sp³-hybridized carbons (Fsp3) is 0.424. The zero-order valence-electron chi connectivity index (χ0n) is 25.1. The molecule has 2 aromatic carbocycles. The lowest BCUT2D eigenvalue weighted by molar-refractivity contribution is -0.160. The van der Waals surface area contributed by atoms with Gasteiger partial charge in [-0.1, -0.05) is 29.8 Å². The number of rotatable bonds is 8. The Kier molecular flexibility index (Phi) is 7.19. The highest BCUT2D eigenvalue weighted by molar-refractivity contribution is 6.08. The highest BCUT2D eigenvalue weighted by Crippen LogP contribution is 2.49. The van der Waals surface area contributed by atoms with Crippen LogP contribution in [0, 0.1) is 26.7 Å². The van der Waals surface area contributed by atoms with Crippen LogP contribution in [-0.4, -0.2) is 57.6 Å². The van der Waals surface area contributed by atoms with E-state index in [-0.39, 0.29) is 0 Å². The van der Waals surface area contributed by atoms with E-state index >= 15 is 0 Å². The molecule has 0 unspecified atom stereocenters. The molecule has 9 heteroatoms. The molecule has 4 aromatic rings. The van der Waals surface area contributed by atoms with Crippen LogP contribution in [-0.2, 0) is 20.8 Å². The minimum Gasteiger partial charge on any atom is -0.490 e. The van der Waals surface area contributed by atoms with Gasteiger partial charge in [-0.05, 0) is 64.3 Å². The van der Waals surface area contributed by atoms with E-state index in [2.05, 4.69) is 46.7 Å². The smallest absolute Gasteiger partial charge is 0.337 e. The Labute approximate surface area is 246 Å². The number of ether oxygens (including phenoxy) is 3. The van der Waals surface area contributed by atoms with E-state index in [1.54, 1.807) is 12.4 Å². The maximum atomic E-state index is 12.9. The van der Waals surface area contributed by atoms with E-state index < -0.39 is 17.7 Å². The van der Waals surface area contributed by atoms with Gasteiger partial charge in [0.1, 0.15) is 0 Å². The van der Waals surface area contributed by atoms with Gasteiger partial charge in [0.25, 0.3) is 0 Å². The van der Waals surface area contributed by atoms with Crippen molar-refractivity contribution in [2.24, 2.45) is 5.92 Å². The van der Waals surface area contributed by atoms with Gasteiger partial charge >= 0.3 is 5.97 Å². The molecule has 42 heavy (non-hydrogen) atoms. The number of aliphatic carboxylic acids is 1. The van der Waals surface area contributed by atoms with Crippen molar-refractivity contribution >= 4 is 28.5 Å². The maximum absolute atomic E-state index is 12.9. The van der Waals surface area contributed by atoms with Crippen LogP contribution in [0.5, 0.6) is 5.75 Å². The topological polar surface area (TPSA) is 98.9 Å². The Hall–Kier alpha value is -3.95. The number of carboxylic acid groups (broad SMARTS) is 1. The molecule has 1 saturated heterocycles. The highest BCUT2D eigenvalue weighted by Gasteiger charge is 2.36. The molecule has 6 rings (SSSR count). The lowest BCUT2D eigenvalue weighted by Crippen LogP contribution is -2.33. The normalized spacial score (nSPS) is 16.0. The minimum absolute atomic E-state index is 0.404. The van der Waals surface area contributed by atoms with Crippen LogP contribution in [0.4, 0.5) is 11.6 Å². The summed E-state index contributed by atoms with van der Waals surface area (Å²) in [5.74, 6) is 0.535. The monoisotopic (exact) mass is 570 g/mol. The molecule has 0 amide bonds. The Morgan fingerprint density at radius 2 is 1.79 bits per heavy atom. The van der Waals surface area contributed by atoms with Crippen LogP contribution in [0.1, 0.15) is 49.3 Å². The molecule has 1 atom stereocenters. The molecule has 0 aliphatic carbocycles.